The van der Waals surface area contributed by atoms with Crippen molar-refractivity contribution < 1.29 is 9.18 Å². The van der Waals surface area contributed by atoms with E-state index in [4.69, 9.17) is 0 Å². The third-order valence-corrected chi connectivity index (χ3v) is 3.12. The van der Waals surface area contributed by atoms with Gasteiger partial charge in [-0.3, -0.25) is 4.79 Å². The second-order valence-electron chi connectivity index (χ2n) is 4.70. The van der Waals surface area contributed by atoms with Gasteiger partial charge in [0.15, 0.2) is 6.17 Å². The maximum atomic E-state index is 13.8. The van der Waals surface area contributed by atoms with Crippen LogP contribution in [0.4, 0.5) is 4.39 Å². The van der Waals surface area contributed by atoms with Gasteiger partial charge in [-0.05, 0) is 24.0 Å². The van der Waals surface area contributed by atoms with Crippen molar-refractivity contribution in [3.63, 3.8) is 0 Å². The molecule has 0 aromatic heterocycles. The molecule has 2 aromatic carbocycles. The quantitative estimate of drug-likeness (QED) is 0.858. The Bertz CT molecular complexity index is 527. The first-order chi connectivity index (χ1) is 9.75. The molecule has 2 nitrogen and oxygen atoms in total. The Morgan fingerprint density at radius 1 is 0.950 bits per heavy atom. The van der Waals surface area contributed by atoms with Crippen LogP contribution in [-0.4, -0.2) is 12.1 Å². The zero-order valence-electron chi connectivity index (χ0n) is 11.3. The van der Waals surface area contributed by atoms with Crippen LogP contribution in [0.15, 0.2) is 60.7 Å². The lowest BCUT2D eigenvalue weighted by Gasteiger charge is -2.09. The number of nitrogens with one attached hydrogen (secondary N) is 1. The molecule has 0 unspecified atom stereocenters. The van der Waals surface area contributed by atoms with Crippen LogP contribution in [0.3, 0.4) is 0 Å². The Balaban J connectivity index is 1.75. The summed E-state index contributed by atoms with van der Waals surface area (Å²) in [7, 11) is 0. The zero-order chi connectivity index (χ0) is 14.2. The van der Waals surface area contributed by atoms with Gasteiger partial charge in [-0.1, -0.05) is 60.7 Å². The van der Waals surface area contributed by atoms with Crippen molar-refractivity contribution in [1.29, 1.82) is 0 Å². The molecule has 0 radical (unpaired) electrons. The maximum absolute atomic E-state index is 13.8. The van der Waals surface area contributed by atoms with Crippen molar-refractivity contribution in [3.8, 4) is 0 Å². The minimum Gasteiger partial charge on any atom is -0.350 e. The van der Waals surface area contributed by atoms with E-state index in [-0.39, 0.29) is 6.42 Å². The molecule has 0 heterocycles. The molecule has 1 amide bonds. The highest BCUT2D eigenvalue weighted by Gasteiger charge is 2.16. The third kappa shape index (κ3) is 4.50. The summed E-state index contributed by atoms with van der Waals surface area (Å²) in [6.45, 7) is 0.366. The number of carbonyl (C=O) groups is 1. The molecule has 104 valence electrons. The molecular weight excluding hydrogens is 253 g/mol. The standard InChI is InChI=1S/C17H18FNO/c18-16(12-11-14-7-3-1-4-8-14)17(20)19-13-15-9-5-2-6-10-15/h1-10,16H,11-13H2,(H,19,20)/t16-/m1/s1. The summed E-state index contributed by atoms with van der Waals surface area (Å²) >= 11 is 0. The molecule has 0 saturated carbocycles. The monoisotopic (exact) mass is 271 g/mol. The van der Waals surface area contributed by atoms with Crippen LogP contribution >= 0.6 is 0 Å². The van der Waals surface area contributed by atoms with Crippen molar-refractivity contribution in [1.82, 2.24) is 5.32 Å². The minimum atomic E-state index is -1.46. The summed E-state index contributed by atoms with van der Waals surface area (Å²) in [6, 6.07) is 19.1. The lowest BCUT2D eigenvalue weighted by atomic mass is 10.1. The van der Waals surface area contributed by atoms with Gasteiger partial charge in [0.1, 0.15) is 0 Å². The van der Waals surface area contributed by atoms with E-state index in [0.29, 0.717) is 13.0 Å². The molecule has 1 atom stereocenters. The number of amides is 1. The molecule has 0 fully saturated rings. The number of hydrogen-bond donors (Lipinski definition) is 1. The number of benzene rings is 2. The van der Waals surface area contributed by atoms with Gasteiger partial charge in [0.05, 0.1) is 0 Å². The lowest BCUT2D eigenvalue weighted by Crippen LogP contribution is -2.31. The first kappa shape index (κ1) is 14.3. The van der Waals surface area contributed by atoms with E-state index >= 15 is 0 Å². The van der Waals surface area contributed by atoms with Crippen LogP contribution in [0.25, 0.3) is 0 Å². The van der Waals surface area contributed by atoms with Gasteiger partial charge >= 0.3 is 0 Å². The predicted octanol–water partition coefficient (Wildman–Crippen LogP) is 3.27. The van der Waals surface area contributed by atoms with Gasteiger partial charge in [-0.15, -0.1) is 0 Å². The van der Waals surface area contributed by atoms with Crippen molar-refractivity contribution in [3.05, 3.63) is 71.8 Å². The molecule has 0 saturated heterocycles. The highest BCUT2D eigenvalue weighted by Crippen LogP contribution is 2.08. The molecule has 2 rings (SSSR count). The molecular formula is C17H18FNO. The highest BCUT2D eigenvalue weighted by atomic mass is 19.1. The fraction of sp³-hybridized carbons (Fsp3) is 0.235. The molecule has 2 aromatic rings. The summed E-state index contributed by atoms with van der Waals surface area (Å²) in [4.78, 5) is 11.7. The summed E-state index contributed by atoms with van der Waals surface area (Å²) in [5.74, 6) is -0.537. The Hall–Kier alpha value is -2.16. The third-order valence-electron chi connectivity index (χ3n) is 3.12. The van der Waals surface area contributed by atoms with Crippen molar-refractivity contribution in [2.75, 3.05) is 0 Å². The van der Waals surface area contributed by atoms with E-state index in [2.05, 4.69) is 5.32 Å². The summed E-state index contributed by atoms with van der Waals surface area (Å²) in [5, 5.41) is 2.62. The van der Waals surface area contributed by atoms with E-state index in [1.54, 1.807) is 0 Å². The number of carbonyl (C=O) groups excluding carboxylic acids is 1. The van der Waals surface area contributed by atoms with E-state index < -0.39 is 12.1 Å². The van der Waals surface area contributed by atoms with E-state index in [1.165, 1.54) is 0 Å². The fourth-order valence-electron chi connectivity index (χ4n) is 1.96. The van der Waals surface area contributed by atoms with Gasteiger partial charge in [0, 0.05) is 6.54 Å². The first-order valence-corrected chi connectivity index (χ1v) is 6.75. The number of hydrogen-bond acceptors (Lipinski definition) is 1. The van der Waals surface area contributed by atoms with Crippen molar-refractivity contribution >= 4 is 5.91 Å². The SMILES string of the molecule is O=C(NCc1ccccc1)[C@H](F)CCc1ccccc1. The Morgan fingerprint density at radius 3 is 2.10 bits per heavy atom. The zero-order valence-corrected chi connectivity index (χ0v) is 11.3. The van der Waals surface area contributed by atoms with Crippen LogP contribution in [0.1, 0.15) is 17.5 Å². The highest BCUT2D eigenvalue weighted by molar-refractivity contribution is 5.80. The average molecular weight is 271 g/mol. The molecule has 3 heteroatoms. The predicted molar refractivity (Wildman–Crippen MR) is 77.9 cm³/mol. The summed E-state index contributed by atoms with van der Waals surface area (Å²) in [6.07, 6.45) is -0.676. The van der Waals surface area contributed by atoms with Gasteiger partial charge < -0.3 is 5.32 Å². The van der Waals surface area contributed by atoms with E-state index in [0.717, 1.165) is 11.1 Å². The van der Waals surface area contributed by atoms with Crippen molar-refractivity contribution in [2.24, 2.45) is 0 Å². The average Bonchev–Trinajstić information content (AvgIpc) is 2.52. The van der Waals surface area contributed by atoms with Gasteiger partial charge in [-0.2, -0.15) is 0 Å². The van der Waals surface area contributed by atoms with Crippen LogP contribution in [-0.2, 0) is 17.8 Å². The van der Waals surface area contributed by atoms with Crippen LogP contribution in [0.5, 0.6) is 0 Å². The molecule has 20 heavy (non-hydrogen) atoms. The van der Waals surface area contributed by atoms with Gasteiger partial charge in [0.25, 0.3) is 5.91 Å². The largest absolute Gasteiger partial charge is 0.350 e. The Labute approximate surface area is 118 Å². The molecule has 0 aliphatic rings. The number of halogens is 1. The number of rotatable bonds is 6. The second-order valence-corrected chi connectivity index (χ2v) is 4.70. The van der Waals surface area contributed by atoms with Crippen LogP contribution in [0, 0.1) is 0 Å². The first-order valence-electron chi connectivity index (χ1n) is 6.75. The number of aryl methyl sites for hydroxylation is 1. The molecule has 0 aliphatic heterocycles. The van der Waals surface area contributed by atoms with Crippen LogP contribution < -0.4 is 5.32 Å². The summed E-state index contributed by atoms with van der Waals surface area (Å²) in [5.41, 5.74) is 2.02. The summed E-state index contributed by atoms with van der Waals surface area (Å²) < 4.78 is 13.8. The van der Waals surface area contributed by atoms with Crippen molar-refractivity contribution in [2.45, 2.75) is 25.6 Å². The van der Waals surface area contributed by atoms with E-state index in [9.17, 15) is 9.18 Å². The topological polar surface area (TPSA) is 29.1 Å². The molecule has 0 aliphatic carbocycles. The lowest BCUT2D eigenvalue weighted by molar-refractivity contribution is -0.126. The smallest absolute Gasteiger partial charge is 0.254 e. The van der Waals surface area contributed by atoms with Gasteiger partial charge in [0.2, 0.25) is 0 Å². The Morgan fingerprint density at radius 2 is 1.50 bits per heavy atom. The maximum Gasteiger partial charge on any atom is 0.254 e. The Kier molecular flexibility index (Phi) is 5.30. The van der Waals surface area contributed by atoms with Gasteiger partial charge in [-0.25, -0.2) is 4.39 Å². The number of alkyl halides is 1. The van der Waals surface area contributed by atoms with E-state index in [1.807, 2.05) is 60.7 Å². The normalized spacial score (nSPS) is 11.8. The second kappa shape index (κ2) is 7.43. The molecule has 0 bridgehead atoms. The molecule has 1 N–H and O–H groups in total. The fourth-order valence-corrected chi connectivity index (χ4v) is 1.96. The minimum absolute atomic E-state index is 0.213. The molecule has 0 spiro atoms. The van der Waals surface area contributed by atoms with Crippen LogP contribution in [0.2, 0.25) is 0 Å².